The predicted octanol–water partition coefficient (Wildman–Crippen LogP) is -1.02. The molecule has 146 valence electrons. The molecule has 0 aliphatic carbocycles. The molecule has 2 aliphatic rings. The fraction of sp³-hybridized carbons (Fsp3) is 0.533. The lowest BCUT2D eigenvalue weighted by Gasteiger charge is -2.28. The zero-order chi connectivity index (χ0) is 19.7. The van der Waals surface area contributed by atoms with Crippen LogP contribution in [0.3, 0.4) is 0 Å². The number of ether oxygens (including phenoxy) is 4. The van der Waals surface area contributed by atoms with Crippen LogP contribution in [0.2, 0.25) is 0 Å². The van der Waals surface area contributed by atoms with E-state index in [4.69, 9.17) is 24.2 Å². The van der Waals surface area contributed by atoms with Gasteiger partial charge in [-0.05, 0) is 6.07 Å². The average molecular weight is 383 g/mol. The molecular weight excluding hydrogens is 366 g/mol. The van der Waals surface area contributed by atoms with Crippen LogP contribution in [0.1, 0.15) is 20.1 Å². The van der Waals surface area contributed by atoms with Gasteiger partial charge in [-0.1, -0.05) is 13.8 Å². The topological polar surface area (TPSA) is 155 Å². The average Bonchev–Trinajstić information content (AvgIpc) is 2.97. The standard InChI is InChI=1S/C15H17N3O9/c1-6(2)12(19)24-5-7-9-10(27-14(21)13(20)26-9)11(25-7)18-4-3-8(17-23)16-15(18)22/h3-4,6-7,9-11,23H,5H2,1-2H3,(H,16,17,22)/t7-,9-,10-,11-/m1/s1. The molecule has 1 aromatic heterocycles. The summed E-state index contributed by atoms with van der Waals surface area (Å²) >= 11 is 0. The van der Waals surface area contributed by atoms with Gasteiger partial charge in [-0.2, -0.15) is 4.98 Å². The molecule has 1 aromatic rings. The van der Waals surface area contributed by atoms with Crippen molar-refractivity contribution < 1.29 is 38.5 Å². The maximum atomic E-state index is 12.2. The third kappa shape index (κ3) is 3.61. The maximum absolute atomic E-state index is 12.2. The molecule has 0 radical (unpaired) electrons. The highest BCUT2D eigenvalue weighted by Gasteiger charge is 2.55. The van der Waals surface area contributed by atoms with Crippen LogP contribution in [0.4, 0.5) is 5.82 Å². The Morgan fingerprint density at radius 3 is 2.56 bits per heavy atom. The molecule has 12 nitrogen and oxygen atoms in total. The summed E-state index contributed by atoms with van der Waals surface area (Å²) in [5.74, 6) is -3.39. The quantitative estimate of drug-likeness (QED) is 0.278. The summed E-state index contributed by atoms with van der Waals surface area (Å²) in [5, 5.41) is 8.81. The first-order valence-corrected chi connectivity index (χ1v) is 8.04. The van der Waals surface area contributed by atoms with Crippen LogP contribution >= 0.6 is 0 Å². The van der Waals surface area contributed by atoms with Crippen molar-refractivity contribution in [2.75, 3.05) is 12.1 Å². The highest BCUT2D eigenvalue weighted by molar-refractivity contribution is 6.30. The fourth-order valence-corrected chi connectivity index (χ4v) is 2.68. The van der Waals surface area contributed by atoms with E-state index in [0.717, 1.165) is 4.57 Å². The number of nitrogens with one attached hydrogen (secondary N) is 1. The Morgan fingerprint density at radius 1 is 1.30 bits per heavy atom. The van der Waals surface area contributed by atoms with Crippen LogP contribution in [-0.4, -0.2) is 57.6 Å². The van der Waals surface area contributed by atoms with Crippen molar-refractivity contribution in [3.05, 3.63) is 22.7 Å². The second-order valence-corrected chi connectivity index (χ2v) is 6.20. The first-order valence-electron chi connectivity index (χ1n) is 8.04. The zero-order valence-corrected chi connectivity index (χ0v) is 14.4. The van der Waals surface area contributed by atoms with Gasteiger partial charge in [-0.25, -0.2) is 14.4 Å². The minimum absolute atomic E-state index is 0.0970. The van der Waals surface area contributed by atoms with Gasteiger partial charge in [0, 0.05) is 6.20 Å². The summed E-state index contributed by atoms with van der Waals surface area (Å²) in [6.45, 7) is 3.03. The normalized spacial score (nSPS) is 27.0. The Kier molecular flexibility index (Phi) is 5.10. The summed E-state index contributed by atoms with van der Waals surface area (Å²) in [4.78, 5) is 50.5. The monoisotopic (exact) mass is 383 g/mol. The number of hydrogen-bond donors (Lipinski definition) is 2. The van der Waals surface area contributed by atoms with E-state index in [-0.39, 0.29) is 18.3 Å². The van der Waals surface area contributed by atoms with Crippen molar-refractivity contribution in [3.8, 4) is 0 Å². The Bertz CT molecular complexity index is 821. The summed E-state index contributed by atoms with van der Waals surface area (Å²) in [5.41, 5.74) is 0.915. The van der Waals surface area contributed by atoms with Crippen LogP contribution in [0.25, 0.3) is 0 Å². The predicted molar refractivity (Wildman–Crippen MR) is 83.4 cm³/mol. The van der Waals surface area contributed by atoms with E-state index >= 15 is 0 Å². The van der Waals surface area contributed by atoms with Crippen molar-refractivity contribution in [1.82, 2.24) is 9.55 Å². The van der Waals surface area contributed by atoms with Gasteiger partial charge in [0.25, 0.3) is 0 Å². The third-order valence-electron chi connectivity index (χ3n) is 4.02. The number of anilines is 1. The molecule has 0 spiro atoms. The van der Waals surface area contributed by atoms with E-state index in [0.29, 0.717) is 0 Å². The highest BCUT2D eigenvalue weighted by Crippen LogP contribution is 2.35. The third-order valence-corrected chi connectivity index (χ3v) is 4.02. The smallest absolute Gasteiger partial charge is 0.418 e. The van der Waals surface area contributed by atoms with Crippen LogP contribution in [0, 0.1) is 5.92 Å². The Balaban J connectivity index is 1.86. The molecule has 12 heteroatoms. The van der Waals surface area contributed by atoms with Gasteiger partial charge >= 0.3 is 23.6 Å². The summed E-state index contributed by atoms with van der Waals surface area (Å²) < 4.78 is 21.9. The minimum Gasteiger partial charge on any atom is -0.463 e. The van der Waals surface area contributed by atoms with E-state index in [1.54, 1.807) is 19.3 Å². The molecule has 2 aliphatic heterocycles. The summed E-state index contributed by atoms with van der Waals surface area (Å²) in [6, 6.07) is 1.28. The lowest BCUT2D eigenvalue weighted by molar-refractivity contribution is -0.195. The largest absolute Gasteiger partial charge is 0.463 e. The van der Waals surface area contributed by atoms with Gasteiger partial charge in [-0.15, -0.1) is 0 Å². The number of fused-ring (bicyclic) bond motifs is 1. The Labute approximate surface area is 151 Å². The Hall–Kier alpha value is -2.99. The van der Waals surface area contributed by atoms with Crippen LogP contribution in [0.15, 0.2) is 17.1 Å². The number of nitrogens with zero attached hydrogens (tertiary/aromatic N) is 2. The SMILES string of the molecule is CC(C)C(=O)OC[C@H]1O[C@@H](n2ccc(NO)nc2=O)[C@@H]2OC(=O)C(=O)O[C@@H]21. The molecule has 2 saturated heterocycles. The lowest BCUT2D eigenvalue weighted by atomic mass is 10.1. The number of carbonyl (C=O) groups is 3. The van der Waals surface area contributed by atoms with Gasteiger partial charge in [0.15, 0.2) is 24.3 Å². The summed E-state index contributed by atoms with van der Waals surface area (Å²) in [6.07, 6.45) is -3.07. The van der Waals surface area contributed by atoms with Crippen molar-refractivity contribution in [2.45, 2.75) is 38.4 Å². The minimum atomic E-state index is -1.22. The van der Waals surface area contributed by atoms with Gasteiger partial charge in [0.2, 0.25) is 0 Å². The molecule has 3 heterocycles. The highest BCUT2D eigenvalue weighted by atomic mass is 16.7. The molecule has 0 unspecified atom stereocenters. The number of aromatic nitrogens is 2. The van der Waals surface area contributed by atoms with Gasteiger partial charge in [0.1, 0.15) is 12.7 Å². The second-order valence-electron chi connectivity index (χ2n) is 6.20. The number of esters is 3. The number of hydrogen-bond acceptors (Lipinski definition) is 11. The molecule has 0 amide bonds. The zero-order valence-electron chi connectivity index (χ0n) is 14.4. The summed E-state index contributed by atoms with van der Waals surface area (Å²) in [7, 11) is 0. The van der Waals surface area contributed by atoms with E-state index in [9.17, 15) is 19.2 Å². The Morgan fingerprint density at radius 2 is 1.96 bits per heavy atom. The van der Waals surface area contributed by atoms with Crippen LogP contribution in [0.5, 0.6) is 0 Å². The number of rotatable bonds is 5. The molecule has 27 heavy (non-hydrogen) atoms. The van der Waals surface area contributed by atoms with E-state index in [1.807, 2.05) is 0 Å². The lowest BCUT2D eigenvalue weighted by Crippen LogP contribution is -2.48. The van der Waals surface area contributed by atoms with E-state index < -0.39 is 48.1 Å². The second kappa shape index (κ2) is 7.32. The fourth-order valence-electron chi connectivity index (χ4n) is 2.68. The van der Waals surface area contributed by atoms with Gasteiger partial charge < -0.3 is 18.9 Å². The first kappa shape index (κ1) is 18.8. The maximum Gasteiger partial charge on any atom is 0.418 e. The van der Waals surface area contributed by atoms with Gasteiger partial charge in [-0.3, -0.25) is 20.0 Å². The molecule has 3 rings (SSSR count). The van der Waals surface area contributed by atoms with Crippen LogP contribution < -0.4 is 11.2 Å². The molecule has 0 aromatic carbocycles. The number of carbonyl (C=O) groups excluding carboxylic acids is 3. The molecule has 0 bridgehead atoms. The molecule has 4 atom stereocenters. The van der Waals surface area contributed by atoms with Crippen molar-refractivity contribution in [1.29, 1.82) is 0 Å². The molecule has 2 N–H and O–H groups in total. The first-order chi connectivity index (χ1) is 12.8. The van der Waals surface area contributed by atoms with E-state index in [1.165, 1.54) is 12.3 Å². The van der Waals surface area contributed by atoms with Crippen LogP contribution in [-0.2, 0) is 33.3 Å². The van der Waals surface area contributed by atoms with Crippen molar-refractivity contribution in [2.24, 2.45) is 5.92 Å². The molecule has 0 saturated carbocycles. The molecular formula is C15H17N3O9. The van der Waals surface area contributed by atoms with E-state index in [2.05, 4.69) is 4.98 Å². The van der Waals surface area contributed by atoms with Gasteiger partial charge in [0.05, 0.1) is 5.92 Å². The van der Waals surface area contributed by atoms with Crippen molar-refractivity contribution in [3.63, 3.8) is 0 Å². The molecule has 2 fully saturated rings. The van der Waals surface area contributed by atoms with Crippen molar-refractivity contribution >= 4 is 23.7 Å².